The molecule has 62 valence electrons. The molecule has 11 heavy (non-hydrogen) atoms. The molecule has 1 fully saturated rings. The molecule has 0 aromatic heterocycles. The van der Waals surface area contributed by atoms with Gasteiger partial charge < -0.3 is 4.74 Å². The van der Waals surface area contributed by atoms with Crippen molar-refractivity contribution in [3.63, 3.8) is 0 Å². The van der Waals surface area contributed by atoms with Gasteiger partial charge in [0.15, 0.2) is 0 Å². The van der Waals surface area contributed by atoms with Crippen LogP contribution < -0.4 is 0 Å². The minimum absolute atomic E-state index is 0.259. The minimum Gasteiger partial charge on any atom is -0.373 e. The predicted molar refractivity (Wildman–Crippen MR) is 47.5 cm³/mol. The smallest absolute Gasteiger partial charge is 0.0818 e. The Labute approximate surface area is 68.8 Å². The van der Waals surface area contributed by atoms with E-state index in [1.54, 1.807) is 0 Å². The van der Waals surface area contributed by atoms with Crippen LogP contribution in [0.25, 0.3) is 0 Å². The molecule has 0 amide bonds. The highest BCUT2D eigenvalue weighted by atomic mass is 16.6. The zero-order chi connectivity index (χ0) is 8.32. The van der Waals surface area contributed by atoms with Gasteiger partial charge in [-0.3, -0.25) is 0 Å². The molecule has 1 heteroatoms. The lowest BCUT2D eigenvalue weighted by Crippen LogP contribution is -2.10. The quantitative estimate of drug-likeness (QED) is 0.445. The Morgan fingerprint density at radius 2 is 2.27 bits per heavy atom. The summed E-state index contributed by atoms with van der Waals surface area (Å²) in [7, 11) is 0. The fourth-order valence-corrected chi connectivity index (χ4v) is 1.17. The highest BCUT2D eigenvalue weighted by Gasteiger charge is 2.29. The number of hydrogen-bond donors (Lipinski definition) is 0. The van der Waals surface area contributed by atoms with Gasteiger partial charge in [0, 0.05) is 0 Å². The molecular formula is C10H16O. The Balaban J connectivity index is 2.35. The van der Waals surface area contributed by atoms with Crippen molar-refractivity contribution in [2.24, 2.45) is 5.41 Å². The van der Waals surface area contributed by atoms with E-state index in [0.29, 0.717) is 6.10 Å². The van der Waals surface area contributed by atoms with Crippen LogP contribution in [0, 0.1) is 5.41 Å². The first kappa shape index (κ1) is 8.54. The molecule has 1 aliphatic rings. The Morgan fingerprint density at radius 3 is 2.73 bits per heavy atom. The molecule has 1 rings (SSSR count). The first-order valence-electron chi connectivity index (χ1n) is 4.06. The third-order valence-corrected chi connectivity index (χ3v) is 1.84. The van der Waals surface area contributed by atoms with Gasteiger partial charge in [-0.05, 0) is 11.8 Å². The maximum Gasteiger partial charge on any atom is 0.0818 e. The second-order valence-electron chi connectivity index (χ2n) is 3.74. The first-order valence-corrected chi connectivity index (χ1v) is 4.06. The normalized spacial score (nSPS) is 24.0. The summed E-state index contributed by atoms with van der Waals surface area (Å²) in [6.45, 7) is 9.02. The lowest BCUT2D eigenvalue weighted by atomic mass is 9.87. The predicted octanol–water partition coefficient (Wildman–Crippen LogP) is 2.54. The van der Waals surface area contributed by atoms with Crippen LogP contribution in [0.4, 0.5) is 0 Å². The van der Waals surface area contributed by atoms with Crippen molar-refractivity contribution in [1.82, 2.24) is 0 Å². The second-order valence-corrected chi connectivity index (χ2v) is 3.74. The summed E-state index contributed by atoms with van der Waals surface area (Å²) >= 11 is 0. The van der Waals surface area contributed by atoms with Crippen molar-refractivity contribution < 1.29 is 4.74 Å². The van der Waals surface area contributed by atoms with Crippen LogP contribution in [0.3, 0.4) is 0 Å². The van der Waals surface area contributed by atoms with Gasteiger partial charge >= 0.3 is 0 Å². The zero-order valence-corrected chi connectivity index (χ0v) is 7.34. The Bertz CT molecular complexity index is 164. The van der Waals surface area contributed by atoms with Crippen molar-refractivity contribution in [2.75, 3.05) is 6.61 Å². The van der Waals surface area contributed by atoms with E-state index in [4.69, 9.17) is 4.74 Å². The minimum atomic E-state index is 0.259. The van der Waals surface area contributed by atoms with Crippen LogP contribution in [0.1, 0.15) is 20.3 Å². The van der Waals surface area contributed by atoms with Crippen LogP contribution in [0.5, 0.6) is 0 Å². The van der Waals surface area contributed by atoms with Gasteiger partial charge in [0.1, 0.15) is 0 Å². The number of hydrogen-bond acceptors (Lipinski definition) is 1. The summed E-state index contributed by atoms with van der Waals surface area (Å²) in [6.07, 6.45) is 7.64. The molecule has 1 aliphatic heterocycles. The Kier molecular flexibility index (Phi) is 2.50. The average molecular weight is 152 g/mol. The van der Waals surface area contributed by atoms with E-state index in [0.717, 1.165) is 13.0 Å². The van der Waals surface area contributed by atoms with Gasteiger partial charge in [0.2, 0.25) is 0 Å². The van der Waals surface area contributed by atoms with Crippen molar-refractivity contribution in [1.29, 1.82) is 0 Å². The van der Waals surface area contributed by atoms with Gasteiger partial charge in [0.05, 0.1) is 12.7 Å². The highest BCUT2D eigenvalue weighted by molar-refractivity contribution is 5.04. The lowest BCUT2D eigenvalue weighted by molar-refractivity contribution is 0.328. The van der Waals surface area contributed by atoms with Crippen LogP contribution in [-0.2, 0) is 4.74 Å². The fraction of sp³-hybridized carbons (Fsp3) is 0.600. The standard InChI is InChI=1S/C10H16O/c1-4-5-6-10(2,3)7-9-8-11-9/h4-6,9H,1,7-8H2,2-3H3/b6-5+. The molecule has 1 nitrogen and oxygen atoms in total. The van der Waals surface area contributed by atoms with Gasteiger partial charge in [0.25, 0.3) is 0 Å². The van der Waals surface area contributed by atoms with Gasteiger partial charge in [-0.2, -0.15) is 0 Å². The topological polar surface area (TPSA) is 12.5 Å². The first-order chi connectivity index (χ1) is 5.14. The van der Waals surface area contributed by atoms with E-state index in [9.17, 15) is 0 Å². The molecule has 0 N–H and O–H groups in total. The molecule has 1 atom stereocenters. The van der Waals surface area contributed by atoms with E-state index in [-0.39, 0.29) is 5.41 Å². The third kappa shape index (κ3) is 3.38. The highest BCUT2D eigenvalue weighted by Crippen LogP contribution is 2.30. The van der Waals surface area contributed by atoms with Crippen molar-refractivity contribution in [3.05, 3.63) is 24.8 Å². The summed E-state index contributed by atoms with van der Waals surface area (Å²) in [5.74, 6) is 0. The SMILES string of the molecule is C=C/C=C/C(C)(C)CC1CO1. The van der Waals surface area contributed by atoms with E-state index in [1.165, 1.54) is 0 Å². The van der Waals surface area contributed by atoms with Crippen molar-refractivity contribution in [2.45, 2.75) is 26.4 Å². The van der Waals surface area contributed by atoms with Crippen LogP contribution in [0.2, 0.25) is 0 Å². The zero-order valence-electron chi connectivity index (χ0n) is 7.34. The summed E-state index contributed by atoms with van der Waals surface area (Å²) in [4.78, 5) is 0. The molecule has 0 bridgehead atoms. The molecule has 0 radical (unpaired) electrons. The van der Waals surface area contributed by atoms with Crippen LogP contribution in [-0.4, -0.2) is 12.7 Å². The Morgan fingerprint density at radius 1 is 1.64 bits per heavy atom. The van der Waals surface area contributed by atoms with E-state index >= 15 is 0 Å². The molecule has 0 aromatic rings. The largest absolute Gasteiger partial charge is 0.373 e. The molecule has 0 spiro atoms. The third-order valence-electron chi connectivity index (χ3n) is 1.84. The average Bonchev–Trinajstić information content (AvgIpc) is 2.67. The summed E-state index contributed by atoms with van der Waals surface area (Å²) in [6, 6.07) is 0. The molecule has 0 aliphatic carbocycles. The maximum absolute atomic E-state index is 5.16. The van der Waals surface area contributed by atoms with Crippen molar-refractivity contribution >= 4 is 0 Å². The molecule has 0 aromatic carbocycles. The molecule has 1 heterocycles. The lowest BCUT2D eigenvalue weighted by Gasteiger charge is -2.17. The van der Waals surface area contributed by atoms with Gasteiger partial charge in [-0.1, -0.05) is 38.7 Å². The molecule has 1 unspecified atom stereocenters. The monoisotopic (exact) mass is 152 g/mol. The van der Waals surface area contributed by atoms with Crippen LogP contribution in [0.15, 0.2) is 24.8 Å². The number of ether oxygens (including phenoxy) is 1. The van der Waals surface area contributed by atoms with Crippen molar-refractivity contribution in [3.8, 4) is 0 Å². The van der Waals surface area contributed by atoms with Crippen LogP contribution >= 0.6 is 0 Å². The Hall–Kier alpha value is -0.560. The van der Waals surface area contributed by atoms with E-state index in [2.05, 4.69) is 26.5 Å². The number of allylic oxidation sites excluding steroid dienone is 3. The van der Waals surface area contributed by atoms with Gasteiger partial charge in [-0.25, -0.2) is 0 Å². The summed E-state index contributed by atoms with van der Waals surface area (Å²) < 4.78 is 5.16. The van der Waals surface area contributed by atoms with Gasteiger partial charge in [-0.15, -0.1) is 0 Å². The number of rotatable bonds is 4. The summed E-state index contributed by atoms with van der Waals surface area (Å²) in [5, 5.41) is 0. The van der Waals surface area contributed by atoms with E-state index < -0.39 is 0 Å². The van der Waals surface area contributed by atoms with E-state index in [1.807, 2.05) is 12.2 Å². The molecular weight excluding hydrogens is 136 g/mol. The number of epoxide rings is 1. The molecule has 1 saturated heterocycles. The maximum atomic E-state index is 5.16. The second kappa shape index (κ2) is 3.22. The fourth-order valence-electron chi connectivity index (χ4n) is 1.17. The molecule has 0 saturated carbocycles. The summed E-state index contributed by atoms with van der Waals surface area (Å²) in [5.41, 5.74) is 0.259.